The van der Waals surface area contributed by atoms with Crippen LogP contribution in [0.2, 0.25) is 0 Å². The third-order valence-corrected chi connectivity index (χ3v) is 9.79. The molecular weight excluding hydrogens is 570 g/mol. The number of anilines is 1. The van der Waals surface area contributed by atoms with Crippen LogP contribution in [0, 0.1) is 17.8 Å². The molecular formula is C36H53N3O6. The third-order valence-electron chi connectivity index (χ3n) is 9.79. The van der Waals surface area contributed by atoms with Crippen LogP contribution in [0.25, 0.3) is 0 Å². The van der Waals surface area contributed by atoms with E-state index in [2.05, 4.69) is 20.1 Å². The molecule has 9 heteroatoms. The van der Waals surface area contributed by atoms with E-state index in [9.17, 15) is 19.5 Å². The molecule has 3 aliphatic rings. The minimum Gasteiger partial charge on any atom is -0.494 e. The number of hydrogen-bond donors (Lipinski definition) is 1. The molecule has 1 spiro atoms. The number of rotatable bonds is 17. The minimum atomic E-state index is -1.17. The Morgan fingerprint density at radius 3 is 2.38 bits per heavy atom. The molecule has 4 rings (SSSR count). The van der Waals surface area contributed by atoms with Crippen LogP contribution in [0.15, 0.2) is 49.6 Å². The van der Waals surface area contributed by atoms with Gasteiger partial charge in [0.1, 0.15) is 17.4 Å². The number of carbonyl (C=O) groups is 3. The highest BCUT2D eigenvalue weighted by atomic mass is 16.5. The molecule has 3 amide bonds. The number of benzene rings is 1. The first kappa shape index (κ1) is 34.7. The Hall–Kier alpha value is -3.17. The summed E-state index contributed by atoms with van der Waals surface area (Å²) in [6.45, 7) is 19.2. The van der Waals surface area contributed by atoms with Crippen molar-refractivity contribution in [3.05, 3.63) is 49.6 Å². The van der Waals surface area contributed by atoms with Crippen LogP contribution in [0.5, 0.6) is 5.75 Å². The fourth-order valence-electron chi connectivity index (χ4n) is 7.91. The second-order valence-corrected chi connectivity index (χ2v) is 13.4. The fraction of sp³-hybridized carbons (Fsp3) is 0.639. The number of aliphatic hydroxyl groups is 1. The molecule has 0 aliphatic carbocycles. The van der Waals surface area contributed by atoms with E-state index in [1.807, 2.05) is 52.0 Å². The summed E-state index contributed by atoms with van der Waals surface area (Å²) in [5.41, 5.74) is -1.43. The Bertz CT molecular complexity index is 1230. The van der Waals surface area contributed by atoms with E-state index in [0.717, 1.165) is 19.3 Å². The monoisotopic (exact) mass is 623 g/mol. The summed E-state index contributed by atoms with van der Waals surface area (Å²) in [6, 6.07) is 5.80. The zero-order chi connectivity index (χ0) is 32.9. The lowest BCUT2D eigenvalue weighted by atomic mass is 9.66. The van der Waals surface area contributed by atoms with Gasteiger partial charge in [-0.25, -0.2) is 0 Å². The molecule has 2 unspecified atom stereocenters. The lowest BCUT2D eigenvalue weighted by Crippen LogP contribution is -2.59. The van der Waals surface area contributed by atoms with Gasteiger partial charge in [-0.05, 0) is 69.7 Å². The molecule has 3 saturated heterocycles. The zero-order valence-corrected chi connectivity index (χ0v) is 27.9. The molecule has 0 aromatic heterocycles. The van der Waals surface area contributed by atoms with E-state index in [1.165, 1.54) is 0 Å². The molecule has 0 saturated carbocycles. The number of unbranched alkanes of at least 4 members (excludes halogenated alkanes) is 2. The maximum Gasteiger partial charge on any atom is 0.248 e. The number of amides is 3. The Morgan fingerprint density at radius 2 is 1.80 bits per heavy atom. The predicted molar refractivity (Wildman–Crippen MR) is 176 cm³/mol. The number of nitrogens with zero attached hydrogens (tertiary/aromatic N) is 3. The molecule has 45 heavy (non-hydrogen) atoms. The summed E-state index contributed by atoms with van der Waals surface area (Å²) < 4.78 is 12.5. The highest BCUT2D eigenvalue weighted by Crippen LogP contribution is 2.64. The number of hydrogen-bond acceptors (Lipinski definition) is 6. The van der Waals surface area contributed by atoms with E-state index < -0.39 is 35.1 Å². The molecule has 6 atom stereocenters. The third kappa shape index (κ3) is 6.43. The Balaban J connectivity index is 1.79. The largest absolute Gasteiger partial charge is 0.494 e. The smallest absolute Gasteiger partial charge is 0.248 e. The summed E-state index contributed by atoms with van der Waals surface area (Å²) in [6.07, 6.45) is 7.75. The molecule has 1 aromatic carbocycles. The van der Waals surface area contributed by atoms with E-state index >= 15 is 0 Å². The van der Waals surface area contributed by atoms with Crippen molar-refractivity contribution in [1.82, 2.24) is 9.80 Å². The van der Waals surface area contributed by atoms with Gasteiger partial charge in [0.25, 0.3) is 0 Å². The molecule has 248 valence electrons. The standard InChI is InChI=1S/C36H53N3O6/c1-8-12-13-22-37(20-9-2)34(43)31-36-19-18-35(7,45-36)29(30(36)33(42)39(31)27(24-40)23-25(5)6)32(41)38(21-10-3)26-14-16-28(17-15-26)44-11-4/h9-10,14-17,25,27,29-31,40H,2-3,8,11-13,18-24H2,1,4-7H3/t27-,29+,30+,31?,35-,36?/m1/s1. The van der Waals surface area contributed by atoms with Gasteiger partial charge in [0, 0.05) is 25.3 Å². The van der Waals surface area contributed by atoms with Crippen LogP contribution in [0.4, 0.5) is 5.69 Å². The van der Waals surface area contributed by atoms with Crippen molar-refractivity contribution in [3.8, 4) is 5.75 Å². The Kier molecular flexibility index (Phi) is 11.2. The van der Waals surface area contributed by atoms with Crippen LogP contribution in [0.1, 0.15) is 73.1 Å². The van der Waals surface area contributed by atoms with Crippen molar-refractivity contribution < 1.29 is 29.0 Å². The van der Waals surface area contributed by atoms with Crippen molar-refractivity contribution in [2.45, 2.75) is 96.4 Å². The molecule has 9 nitrogen and oxygen atoms in total. The first-order valence-electron chi connectivity index (χ1n) is 16.7. The second kappa shape index (κ2) is 14.5. The quantitative estimate of drug-likeness (QED) is 0.194. The zero-order valence-electron chi connectivity index (χ0n) is 27.9. The van der Waals surface area contributed by atoms with Crippen molar-refractivity contribution in [3.63, 3.8) is 0 Å². The lowest BCUT2D eigenvalue weighted by molar-refractivity contribution is -0.155. The average Bonchev–Trinajstić information content (AvgIpc) is 3.58. The van der Waals surface area contributed by atoms with Gasteiger partial charge in [-0.3, -0.25) is 14.4 Å². The Morgan fingerprint density at radius 1 is 1.11 bits per heavy atom. The fourth-order valence-corrected chi connectivity index (χ4v) is 7.91. The van der Waals surface area contributed by atoms with Crippen LogP contribution in [-0.4, -0.2) is 88.8 Å². The summed E-state index contributed by atoms with van der Waals surface area (Å²) in [4.78, 5) is 49.1. The van der Waals surface area contributed by atoms with Gasteiger partial charge in [-0.1, -0.05) is 45.8 Å². The number of aliphatic hydroxyl groups excluding tert-OH is 1. The summed E-state index contributed by atoms with van der Waals surface area (Å²) >= 11 is 0. The predicted octanol–water partition coefficient (Wildman–Crippen LogP) is 4.98. The summed E-state index contributed by atoms with van der Waals surface area (Å²) in [7, 11) is 0. The van der Waals surface area contributed by atoms with E-state index in [-0.39, 0.29) is 36.8 Å². The van der Waals surface area contributed by atoms with Crippen LogP contribution < -0.4 is 9.64 Å². The number of likely N-dealkylation sites (tertiary alicyclic amines) is 1. The average molecular weight is 624 g/mol. The van der Waals surface area contributed by atoms with Gasteiger partial charge >= 0.3 is 0 Å². The van der Waals surface area contributed by atoms with Crippen LogP contribution in [-0.2, 0) is 19.1 Å². The van der Waals surface area contributed by atoms with Gasteiger partial charge in [0.05, 0.1) is 36.7 Å². The van der Waals surface area contributed by atoms with Crippen molar-refractivity contribution in [2.24, 2.45) is 17.8 Å². The van der Waals surface area contributed by atoms with E-state index in [4.69, 9.17) is 9.47 Å². The minimum absolute atomic E-state index is 0.174. The van der Waals surface area contributed by atoms with Gasteiger partial charge in [0.2, 0.25) is 17.7 Å². The molecule has 0 radical (unpaired) electrons. The van der Waals surface area contributed by atoms with Gasteiger partial charge < -0.3 is 29.3 Å². The van der Waals surface area contributed by atoms with Gasteiger partial charge in [-0.15, -0.1) is 13.2 Å². The van der Waals surface area contributed by atoms with Crippen molar-refractivity contribution in [2.75, 3.05) is 37.7 Å². The Labute approximate surface area is 269 Å². The SMILES string of the molecule is C=CCN(CCCCC)C(=O)C1N([C@@H](CO)CC(C)C)C(=O)[C@@H]2[C@@H](C(=O)N(CC=C)c3ccc(OCC)cc3)[C@@]3(C)CCC12O3. The summed E-state index contributed by atoms with van der Waals surface area (Å²) in [5.74, 6) is -1.50. The topological polar surface area (TPSA) is 99.6 Å². The number of ether oxygens (including phenoxy) is 2. The molecule has 3 aliphatic heterocycles. The van der Waals surface area contributed by atoms with Crippen LogP contribution >= 0.6 is 0 Å². The molecule has 2 bridgehead atoms. The van der Waals surface area contributed by atoms with Gasteiger partial charge in [0.15, 0.2) is 0 Å². The lowest BCUT2D eigenvalue weighted by Gasteiger charge is -2.40. The van der Waals surface area contributed by atoms with Crippen molar-refractivity contribution >= 4 is 23.4 Å². The van der Waals surface area contributed by atoms with Crippen molar-refractivity contribution in [1.29, 1.82) is 0 Å². The normalized spacial score (nSPS) is 27.4. The summed E-state index contributed by atoms with van der Waals surface area (Å²) in [5, 5.41) is 10.6. The highest BCUT2D eigenvalue weighted by Gasteiger charge is 2.78. The van der Waals surface area contributed by atoms with E-state index in [1.54, 1.807) is 26.9 Å². The van der Waals surface area contributed by atoms with Gasteiger partial charge in [-0.2, -0.15) is 0 Å². The van der Waals surface area contributed by atoms with Crippen LogP contribution in [0.3, 0.4) is 0 Å². The molecule has 3 heterocycles. The molecule has 3 fully saturated rings. The first-order valence-corrected chi connectivity index (χ1v) is 16.7. The maximum absolute atomic E-state index is 14.7. The highest BCUT2D eigenvalue weighted by molar-refractivity contribution is 6.03. The maximum atomic E-state index is 14.7. The first-order chi connectivity index (χ1) is 21.5. The van der Waals surface area contributed by atoms with E-state index in [0.29, 0.717) is 50.4 Å². The number of carbonyl (C=O) groups excluding carboxylic acids is 3. The molecule has 1 aromatic rings. The second-order valence-electron chi connectivity index (χ2n) is 13.4. The molecule has 1 N–H and O–H groups in total. The number of fused-ring (bicyclic) bond motifs is 1.